The van der Waals surface area contributed by atoms with Crippen molar-refractivity contribution in [2.45, 2.75) is 38.6 Å². The molecule has 0 atom stereocenters. The van der Waals surface area contributed by atoms with Crippen LogP contribution in [-0.4, -0.2) is 21.5 Å². The van der Waals surface area contributed by atoms with Crippen LogP contribution in [0.5, 0.6) is 0 Å². The quantitative estimate of drug-likeness (QED) is 0.886. The molecule has 0 spiro atoms. The van der Waals surface area contributed by atoms with Crippen molar-refractivity contribution in [3.8, 4) is 0 Å². The van der Waals surface area contributed by atoms with Crippen molar-refractivity contribution >= 4 is 0 Å². The molecule has 1 aliphatic carbocycles. The molecule has 0 saturated heterocycles. The van der Waals surface area contributed by atoms with E-state index in [1.165, 1.54) is 36.0 Å². The number of hydrogen-bond donors (Lipinski definition) is 1. The number of fused-ring (bicyclic) bond motifs is 1. The summed E-state index contributed by atoms with van der Waals surface area (Å²) in [6, 6.07) is 6.80. The molecule has 0 radical (unpaired) electrons. The largest absolute Gasteiger partial charge is 0.330 e. The molecule has 2 N–H and O–H groups in total. The lowest BCUT2D eigenvalue weighted by molar-refractivity contribution is 0.648. The predicted molar refractivity (Wildman–Crippen MR) is 75.0 cm³/mol. The first kappa shape index (κ1) is 12.4. The Balaban J connectivity index is 1.69. The number of hydrogen-bond acceptors (Lipinski definition) is 3. The maximum absolute atomic E-state index is 5.50. The van der Waals surface area contributed by atoms with Crippen molar-refractivity contribution in [3.63, 3.8) is 0 Å². The molecule has 4 nitrogen and oxygen atoms in total. The highest BCUT2D eigenvalue weighted by Crippen LogP contribution is 2.23. The lowest BCUT2D eigenvalue weighted by Crippen LogP contribution is -2.01. The van der Waals surface area contributed by atoms with E-state index in [0.717, 1.165) is 25.1 Å². The third kappa shape index (κ3) is 2.84. The van der Waals surface area contributed by atoms with E-state index in [9.17, 15) is 0 Å². The molecule has 2 aromatic rings. The number of nitrogens with two attached hydrogens (primary N) is 1. The Labute approximate surface area is 113 Å². The minimum absolute atomic E-state index is 0.706. The zero-order valence-electron chi connectivity index (χ0n) is 11.2. The van der Waals surface area contributed by atoms with Gasteiger partial charge in [0.2, 0.25) is 0 Å². The first-order valence-electron chi connectivity index (χ1n) is 7.05. The second-order valence-corrected chi connectivity index (χ2v) is 5.26. The fraction of sp³-hybridized carbons (Fsp3) is 0.467. The molecule has 0 bridgehead atoms. The summed E-state index contributed by atoms with van der Waals surface area (Å²) in [6.45, 7) is 1.51. The number of aryl methyl sites for hydroxylation is 3. The fourth-order valence-electron chi connectivity index (χ4n) is 2.72. The lowest BCUT2D eigenvalue weighted by atomic mass is 10.1. The van der Waals surface area contributed by atoms with Gasteiger partial charge in [0.25, 0.3) is 0 Å². The van der Waals surface area contributed by atoms with Crippen molar-refractivity contribution in [2.75, 3.05) is 6.54 Å². The Kier molecular flexibility index (Phi) is 3.60. The summed E-state index contributed by atoms with van der Waals surface area (Å²) >= 11 is 0. The van der Waals surface area contributed by atoms with Crippen molar-refractivity contribution in [3.05, 3.63) is 46.8 Å². The average Bonchev–Trinajstić information content (AvgIpc) is 3.05. The van der Waals surface area contributed by atoms with E-state index in [1.54, 1.807) is 0 Å². The van der Waals surface area contributed by atoms with Crippen LogP contribution in [0.2, 0.25) is 0 Å². The molecule has 3 rings (SSSR count). The highest BCUT2D eigenvalue weighted by molar-refractivity contribution is 5.35. The van der Waals surface area contributed by atoms with E-state index in [2.05, 4.69) is 28.5 Å². The van der Waals surface area contributed by atoms with E-state index in [4.69, 9.17) is 5.73 Å². The smallest absolute Gasteiger partial charge is 0.0827 e. The molecule has 0 saturated carbocycles. The van der Waals surface area contributed by atoms with E-state index in [-0.39, 0.29) is 0 Å². The second-order valence-electron chi connectivity index (χ2n) is 5.26. The van der Waals surface area contributed by atoms with Gasteiger partial charge in [-0.1, -0.05) is 23.4 Å². The van der Waals surface area contributed by atoms with Gasteiger partial charge < -0.3 is 5.73 Å². The van der Waals surface area contributed by atoms with Gasteiger partial charge >= 0.3 is 0 Å². The van der Waals surface area contributed by atoms with Gasteiger partial charge in [-0.3, -0.25) is 0 Å². The molecule has 1 aliphatic rings. The van der Waals surface area contributed by atoms with Gasteiger partial charge in [-0.15, -0.1) is 5.10 Å². The molecule has 0 amide bonds. The maximum atomic E-state index is 5.50. The van der Waals surface area contributed by atoms with Gasteiger partial charge in [-0.25, -0.2) is 4.68 Å². The van der Waals surface area contributed by atoms with Crippen molar-refractivity contribution in [2.24, 2.45) is 5.73 Å². The Bertz CT molecular complexity index is 559. The van der Waals surface area contributed by atoms with E-state index in [1.807, 2.05) is 10.9 Å². The standard InChI is InChI=1S/C15H20N4/c16-8-2-5-15-11-19(18-17-15)10-12-6-7-13-3-1-4-14(13)9-12/h6-7,9,11H,1-5,8,10,16H2. The second kappa shape index (κ2) is 5.53. The number of nitrogens with zero attached hydrogens (tertiary/aromatic N) is 3. The summed E-state index contributed by atoms with van der Waals surface area (Å²) in [5.74, 6) is 0. The van der Waals surface area contributed by atoms with Crippen LogP contribution in [0.4, 0.5) is 0 Å². The highest BCUT2D eigenvalue weighted by Gasteiger charge is 2.11. The van der Waals surface area contributed by atoms with Crippen LogP contribution >= 0.6 is 0 Å². The minimum atomic E-state index is 0.706. The molecule has 100 valence electrons. The number of aromatic nitrogens is 3. The van der Waals surface area contributed by atoms with Crippen molar-refractivity contribution < 1.29 is 0 Å². The van der Waals surface area contributed by atoms with E-state index >= 15 is 0 Å². The SMILES string of the molecule is NCCCc1cn(Cc2ccc3c(c2)CCC3)nn1. The molecule has 0 aliphatic heterocycles. The minimum Gasteiger partial charge on any atom is -0.330 e. The van der Waals surface area contributed by atoms with Gasteiger partial charge in [0, 0.05) is 6.20 Å². The summed E-state index contributed by atoms with van der Waals surface area (Å²) in [4.78, 5) is 0. The zero-order chi connectivity index (χ0) is 13.1. The predicted octanol–water partition coefficient (Wildman–Crippen LogP) is 1.71. The summed E-state index contributed by atoms with van der Waals surface area (Å²) in [6.07, 6.45) is 7.68. The Morgan fingerprint density at radius 1 is 1.21 bits per heavy atom. The fourth-order valence-corrected chi connectivity index (χ4v) is 2.72. The first-order chi connectivity index (χ1) is 9.35. The average molecular weight is 256 g/mol. The monoisotopic (exact) mass is 256 g/mol. The molecule has 1 heterocycles. The van der Waals surface area contributed by atoms with Crippen molar-refractivity contribution in [1.29, 1.82) is 0 Å². The van der Waals surface area contributed by atoms with Crippen LogP contribution in [0.15, 0.2) is 24.4 Å². The Morgan fingerprint density at radius 2 is 2.11 bits per heavy atom. The van der Waals surface area contributed by atoms with Crippen LogP contribution in [0.25, 0.3) is 0 Å². The van der Waals surface area contributed by atoms with Crippen LogP contribution in [0.3, 0.4) is 0 Å². The van der Waals surface area contributed by atoms with Gasteiger partial charge in [0.1, 0.15) is 0 Å². The maximum Gasteiger partial charge on any atom is 0.0827 e. The molecule has 1 aromatic carbocycles. The third-order valence-corrected chi connectivity index (χ3v) is 3.73. The molecular weight excluding hydrogens is 236 g/mol. The van der Waals surface area contributed by atoms with E-state index in [0.29, 0.717) is 6.54 Å². The highest BCUT2D eigenvalue weighted by atomic mass is 15.4. The van der Waals surface area contributed by atoms with Crippen LogP contribution in [0.1, 0.15) is 35.2 Å². The molecule has 0 unspecified atom stereocenters. The van der Waals surface area contributed by atoms with Gasteiger partial charge in [0.05, 0.1) is 12.2 Å². The molecule has 19 heavy (non-hydrogen) atoms. The zero-order valence-corrected chi connectivity index (χ0v) is 11.2. The van der Waals surface area contributed by atoms with Crippen molar-refractivity contribution in [1.82, 2.24) is 15.0 Å². The third-order valence-electron chi connectivity index (χ3n) is 3.73. The molecule has 0 fully saturated rings. The molecule has 1 aromatic heterocycles. The van der Waals surface area contributed by atoms with Gasteiger partial charge in [-0.05, 0) is 55.3 Å². The van der Waals surface area contributed by atoms with Crippen LogP contribution in [0, 0.1) is 0 Å². The van der Waals surface area contributed by atoms with Crippen LogP contribution in [-0.2, 0) is 25.8 Å². The van der Waals surface area contributed by atoms with Gasteiger partial charge in [0.15, 0.2) is 0 Å². The first-order valence-corrected chi connectivity index (χ1v) is 7.05. The molecular formula is C15H20N4. The van der Waals surface area contributed by atoms with Crippen LogP contribution < -0.4 is 5.73 Å². The summed E-state index contributed by atoms with van der Waals surface area (Å²) in [7, 11) is 0. The topological polar surface area (TPSA) is 56.7 Å². The van der Waals surface area contributed by atoms with E-state index < -0.39 is 0 Å². The Hall–Kier alpha value is -1.68. The summed E-state index contributed by atoms with van der Waals surface area (Å²) < 4.78 is 1.92. The lowest BCUT2D eigenvalue weighted by Gasteiger charge is -2.04. The Morgan fingerprint density at radius 3 is 3.00 bits per heavy atom. The van der Waals surface area contributed by atoms with Gasteiger partial charge in [-0.2, -0.15) is 0 Å². The number of benzene rings is 1. The summed E-state index contributed by atoms with van der Waals surface area (Å²) in [5.41, 5.74) is 10.9. The normalized spacial score (nSPS) is 13.7. The summed E-state index contributed by atoms with van der Waals surface area (Å²) in [5, 5.41) is 8.36. The molecule has 4 heteroatoms. The number of rotatable bonds is 5.